The molecule has 0 saturated carbocycles. The number of nitrogens with one attached hydrogen (secondary N) is 1. The average Bonchev–Trinajstić information content (AvgIpc) is 2.94. The van der Waals surface area contributed by atoms with E-state index in [0.717, 1.165) is 47.9 Å². The predicted octanol–water partition coefficient (Wildman–Crippen LogP) is 1.47. The first kappa shape index (κ1) is 13.9. The van der Waals surface area contributed by atoms with Crippen molar-refractivity contribution in [1.29, 1.82) is 0 Å². The number of aryl methyl sites for hydroxylation is 4. The zero-order chi connectivity index (χ0) is 15.0. The van der Waals surface area contributed by atoms with Crippen molar-refractivity contribution in [3.8, 4) is 0 Å². The fourth-order valence-electron chi connectivity index (χ4n) is 2.90. The Bertz CT molecular complexity index is 652. The molecule has 1 N–H and O–H groups in total. The molecule has 2 aromatic rings. The molecule has 0 fully saturated rings. The summed E-state index contributed by atoms with van der Waals surface area (Å²) >= 11 is 0. The van der Waals surface area contributed by atoms with Crippen molar-refractivity contribution >= 4 is 5.91 Å². The Hall–Kier alpha value is -2.11. The Morgan fingerprint density at radius 1 is 1.48 bits per heavy atom. The van der Waals surface area contributed by atoms with Gasteiger partial charge in [-0.25, -0.2) is 4.98 Å². The number of imidazole rings is 1. The lowest BCUT2D eigenvalue weighted by atomic mass is 10.1. The summed E-state index contributed by atoms with van der Waals surface area (Å²) in [7, 11) is 0. The lowest BCUT2D eigenvalue weighted by molar-refractivity contribution is -0.121. The predicted molar refractivity (Wildman–Crippen MR) is 76.9 cm³/mol. The van der Waals surface area contributed by atoms with Crippen molar-refractivity contribution in [2.24, 2.45) is 0 Å². The van der Waals surface area contributed by atoms with Crippen LogP contribution in [0.25, 0.3) is 0 Å². The van der Waals surface area contributed by atoms with Crippen LogP contribution < -0.4 is 5.32 Å². The number of amides is 1. The van der Waals surface area contributed by atoms with E-state index in [1.807, 2.05) is 27.0 Å². The summed E-state index contributed by atoms with van der Waals surface area (Å²) in [6, 6.07) is 0.166. The molecule has 1 aliphatic rings. The maximum absolute atomic E-state index is 12.2. The second kappa shape index (κ2) is 5.35. The van der Waals surface area contributed by atoms with Gasteiger partial charge in [-0.15, -0.1) is 0 Å². The minimum Gasteiger partial charge on any atom is -0.361 e. The highest BCUT2D eigenvalue weighted by Gasteiger charge is 2.22. The Labute approximate surface area is 123 Å². The Balaban J connectivity index is 1.61. The van der Waals surface area contributed by atoms with Crippen LogP contribution in [0.2, 0.25) is 0 Å². The Kier molecular flexibility index (Phi) is 3.53. The minimum atomic E-state index is 0.0229. The van der Waals surface area contributed by atoms with E-state index in [0.29, 0.717) is 6.42 Å². The normalized spacial score (nSPS) is 17.6. The van der Waals surface area contributed by atoms with Gasteiger partial charge in [0.25, 0.3) is 0 Å². The van der Waals surface area contributed by atoms with Gasteiger partial charge < -0.3 is 14.4 Å². The SMILES string of the molecule is Cc1cn2c(n1)CC[C@@H](NC(=O)Cc1c(C)noc1C)C2. The summed E-state index contributed by atoms with van der Waals surface area (Å²) in [5.74, 6) is 1.86. The number of nitrogens with zero attached hydrogens (tertiary/aromatic N) is 3. The molecule has 0 unspecified atom stereocenters. The third-order valence-corrected chi connectivity index (χ3v) is 4.00. The van der Waals surface area contributed by atoms with Crippen LogP contribution in [0.4, 0.5) is 0 Å². The van der Waals surface area contributed by atoms with Crippen molar-refractivity contribution in [1.82, 2.24) is 20.0 Å². The number of hydrogen-bond acceptors (Lipinski definition) is 4. The maximum Gasteiger partial charge on any atom is 0.224 e. The quantitative estimate of drug-likeness (QED) is 0.928. The highest BCUT2D eigenvalue weighted by molar-refractivity contribution is 5.79. The Morgan fingerprint density at radius 3 is 3.00 bits per heavy atom. The summed E-state index contributed by atoms with van der Waals surface area (Å²) in [6.45, 7) is 6.49. The maximum atomic E-state index is 12.2. The van der Waals surface area contributed by atoms with E-state index in [9.17, 15) is 4.79 Å². The van der Waals surface area contributed by atoms with Gasteiger partial charge in [-0.1, -0.05) is 5.16 Å². The van der Waals surface area contributed by atoms with Crippen LogP contribution in [0.15, 0.2) is 10.7 Å². The molecule has 6 nitrogen and oxygen atoms in total. The summed E-state index contributed by atoms with van der Waals surface area (Å²) < 4.78 is 7.23. The molecule has 1 aliphatic heterocycles. The lowest BCUT2D eigenvalue weighted by Crippen LogP contribution is -2.41. The molecule has 3 heterocycles. The molecule has 1 amide bonds. The lowest BCUT2D eigenvalue weighted by Gasteiger charge is -2.24. The topological polar surface area (TPSA) is 73.0 Å². The zero-order valence-corrected chi connectivity index (χ0v) is 12.6. The number of aromatic nitrogens is 3. The summed E-state index contributed by atoms with van der Waals surface area (Å²) in [5, 5.41) is 6.99. The second-order valence-electron chi connectivity index (χ2n) is 5.73. The van der Waals surface area contributed by atoms with Crippen molar-refractivity contribution in [3.05, 3.63) is 34.7 Å². The molecule has 3 rings (SSSR count). The molecule has 0 saturated heterocycles. The summed E-state index contributed by atoms with van der Waals surface area (Å²) in [5.41, 5.74) is 2.72. The van der Waals surface area contributed by atoms with Gasteiger partial charge in [0.15, 0.2) is 0 Å². The molecule has 1 atom stereocenters. The van der Waals surface area contributed by atoms with E-state index in [1.165, 1.54) is 0 Å². The van der Waals surface area contributed by atoms with Crippen LogP contribution in [0, 0.1) is 20.8 Å². The van der Waals surface area contributed by atoms with Crippen molar-refractivity contribution in [2.75, 3.05) is 0 Å². The molecule has 6 heteroatoms. The van der Waals surface area contributed by atoms with Gasteiger partial charge in [-0.2, -0.15) is 0 Å². The van der Waals surface area contributed by atoms with E-state index in [2.05, 4.69) is 20.0 Å². The third kappa shape index (κ3) is 2.84. The monoisotopic (exact) mass is 288 g/mol. The van der Waals surface area contributed by atoms with Gasteiger partial charge in [0.2, 0.25) is 5.91 Å². The number of carbonyl (C=O) groups is 1. The first-order valence-corrected chi connectivity index (χ1v) is 7.26. The summed E-state index contributed by atoms with van der Waals surface area (Å²) in [6.07, 6.45) is 4.21. The fourth-order valence-corrected chi connectivity index (χ4v) is 2.90. The first-order chi connectivity index (χ1) is 10.0. The standard InChI is InChI=1S/C15H20N4O2/c1-9-7-19-8-12(4-5-14(19)16-9)17-15(20)6-13-10(2)18-21-11(13)3/h7,12H,4-6,8H2,1-3H3,(H,17,20)/t12-/m1/s1. The van der Waals surface area contributed by atoms with Crippen molar-refractivity contribution in [3.63, 3.8) is 0 Å². The average molecular weight is 288 g/mol. The molecule has 0 bridgehead atoms. The highest BCUT2D eigenvalue weighted by atomic mass is 16.5. The molecule has 21 heavy (non-hydrogen) atoms. The smallest absolute Gasteiger partial charge is 0.224 e. The van der Waals surface area contributed by atoms with E-state index < -0.39 is 0 Å². The minimum absolute atomic E-state index is 0.0229. The van der Waals surface area contributed by atoms with Gasteiger partial charge >= 0.3 is 0 Å². The molecule has 0 aliphatic carbocycles. The van der Waals surface area contributed by atoms with Crippen LogP contribution in [0.5, 0.6) is 0 Å². The van der Waals surface area contributed by atoms with Gasteiger partial charge in [-0.05, 0) is 27.2 Å². The van der Waals surface area contributed by atoms with Crippen LogP contribution in [-0.4, -0.2) is 26.7 Å². The molecule has 0 aromatic carbocycles. The molecule has 2 aromatic heterocycles. The Morgan fingerprint density at radius 2 is 2.29 bits per heavy atom. The number of hydrogen-bond donors (Lipinski definition) is 1. The fraction of sp³-hybridized carbons (Fsp3) is 0.533. The number of fused-ring (bicyclic) bond motifs is 1. The highest BCUT2D eigenvalue weighted by Crippen LogP contribution is 2.16. The number of rotatable bonds is 3. The van der Waals surface area contributed by atoms with E-state index in [1.54, 1.807) is 0 Å². The van der Waals surface area contributed by atoms with Crippen LogP contribution in [0.3, 0.4) is 0 Å². The zero-order valence-electron chi connectivity index (χ0n) is 12.6. The van der Waals surface area contributed by atoms with E-state index >= 15 is 0 Å². The van der Waals surface area contributed by atoms with Crippen LogP contribution in [0.1, 0.15) is 35.0 Å². The second-order valence-corrected chi connectivity index (χ2v) is 5.73. The van der Waals surface area contributed by atoms with Crippen LogP contribution in [-0.2, 0) is 24.2 Å². The van der Waals surface area contributed by atoms with Crippen molar-refractivity contribution in [2.45, 2.75) is 52.6 Å². The largest absolute Gasteiger partial charge is 0.361 e. The summed E-state index contributed by atoms with van der Waals surface area (Å²) in [4.78, 5) is 16.7. The van der Waals surface area contributed by atoms with E-state index in [4.69, 9.17) is 4.52 Å². The third-order valence-electron chi connectivity index (χ3n) is 4.00. The van der Waals surface area contributed by atoms with E-state index in [-0.39, 0.29) is 11.9 Å². The van der Waals surface area contributed by atoms with Gasteiger partial charge in [0.1, 0.15) is 11.6 Å². The van der Waals surface area contributed by atoms with Gasteiger partial charge in [0.05, 0.1) is 17.8 Å². The van der Waals surface area contributed by atoms with Crippen molar-refractivity contribution < 1.29 is 9.32 Å². The van der Waals surface area contributed by atoms with Crippen LogP contribution >= 0.6 is 0 Å². The molecular formula is C15H20N4O2. The molecular weight excluding hydrogens is 268 g/mol. The van der Waals surface area contributed by atoms with Gasteiger partial charge in [-0.3, -0.25) is 4.79 Å². The first-order valence-electron chi connectivity index (χ1n) is 7.26. The van der Waals surface area contributed by atoms with Gasteiger partial charge in [0, 0.05) is 30.8 Å². The molecule has 0 radical (unpaired) electrons. The molecule has 112 valence electrons. The molecule has 0 spiro atoms. The number of carbonyl (C=O) groups excluding carboxylic acids is 1.